The summed E-state index contributed by atoms with van der Waals surface area (Å²) < 4.78 is 68.7. The molecule has 6 rings (SSSR count). The molecule has 0 aromatic carbocycles. The van der Waals surface area contributed by atoms with E-state index in [0.29, 0.717) is 0 Å². The van der Waals surface area contributed by atoms with Gasteiger partial charge in [-0.1, -0.05) is 67.8 Å². The van der Waals surface area contributed by atoms with Crippen LogP contribution in [0.2, 0.25) is 0 Å². The summed E-state index contributed by atoms with van der Waals surface area (Å²) in [5, 5.41) is 172. The van der Waals surface area contributed by atoms with Crippen molar-refractivity contribution in [2.75, 3.05) is 40.2 Å². The van der Waals surface area contributed by atoms with Crippen molar-refractivity contribution < 1.29 is 139 Å². The normalized spacial score (nSPS) is 52.8. The molecule has 6 aliphatic rings. The summed E-state index contributed by atoms with van der Waals surface area (Å²) in [7, 11) is 1.28. The number of alkyl halides is 3. The van der Waals surface area contributed by atoms with E-state index in [1.165, 1.54) is 7.11 Å². The zero-order valence-corrected chi connectivity index (χ0v) is 42.2. The summed E-state index contributed by atoms with van der Waals surface area (Å²) in [6.07, 6.45) is -49.4. The maximum absolute atomic E-state index is 11.4. The molecular weight excluding hydrogens is 1270 g/mol. The van der Waals surface area contributed by atoms with Gasteiger partial charge >= 0.3 is 0 Å². The van der Waals surface area contributed by atoms with Crippen LogP contribution in [0.4, 0.5) is 0 Å². The molecule has 30 atom stereocenters. The van der Waals surface area contributed by atoms with Crippen LogP contribution >= 0.6 is 67.8 Å². The molecular formula is C37H61I3O28. The molecule has 0 bridgehead atoms. The van der Waals surface area contributed by atoms with Crippen LogP contribution in [-0.2, 0) is 56.8 Å². The van der Waals surface area contributed by atoms with Gasteiger partial charge in [0.2, 0.25) is 0 Å². The van der Waals surface area contributed by atoms with Crippen molar-refractivity contribution >= 4 is 67.8 Å². The second-order valence-electron chi connectivity index (χ2n) is 16.9. The van der Waals surface area contributed by atoms with Crippen LogP contribution in [0.3, 0.4) is 0 Å². The highest BCUT2D eigenvalue weighted by molar-refractivity contribution is 14.1. The molecule has 6 heterocycles. The van der Waals surface area contributed by atoms with E-state index >= 15 is 0 Å². The summed E-state index contributed by atoms with van der Waals surface area (Å²) in [5.41, 5.74) is 0. The van der Waals surface area contributed by atoms with E-state index < -0.39 is 204 Å². The number of hydrogen-bond donors (Lipinski definition) is 16. The van der Waals surface area contributed by atoms with E-state index in [0.717, 1.165) is 0 Å². The lowest BCUT2D eigenvalue weighted by atomic mass is 9.95. The highest BCUT2D eigenvalue weighted by atomic mass is 127. The summed E-state index contributed by atoms with van der Waals surface area (Å²) in [6.45, 7) is -2.66. The number of ether oxygens (including phenoxy) is 12. The Hall–Kier alpha value is 1.07. The third-order valence-corrected chi connectivity index (χ3v) is 15.2. The fourth-order valence-corrected chi connectivity index (χ4v) is 10.8. The molecule has 6 aliphatic heterocycles. The average molecular weight is 1330 g/mol. The van der Waals surface area contributed by atoms with Gasteiger partial charge in [-0.2, -0.15) is 0 Å². The number of halogens is 3. The maximum Gasteiger partial charge on any atom is 0.187 e. The minimum Gasteiger partial charge on any atom is -0.394 e. The zero-order valence-electron chi connectivity index (χ0n) is 35.8. The summed E-state index contributed by atoms with van der Waals surface area (Å²) >= 11 is 5.76. The minimum absolute atomic E-state index is 0.0243. The van der Waals surface area contributed by atoms with Crippen LogP contribution in [-0.4, -0.2) is 306 Å². The third-order valence-electron chi connectivity index (χ3n) is 12.6. The fourth-order valence-electron chi connectivity index (χ4n) is 8.63. The summed E-state index contributed by atoms with van der Waals surface area (Å²) in [5.74, 6) is 0. The Labute approximate surface area is 428 Å². The largest absolute Gasteiger partial charge is 0.394 e. The van der Waals surface area contributed by atoms with Crippen molar-refractivity contribution in [3.05, 3.63) is 0 Å². The molecule has 31 heteroatoms. The highest BCUT2D eigenvalue weighted by Gasteiger charge is 2.57. The van der Waals surface area contributed by atoms with E-state index in [4.69, 9.17) is 56.8 Å². The van der Waals surface area contributed by atoms with Crippen molar-refractivity contribution in [3.63, 3.8) is 0 Å². The van der Waals surface area contributed by atoms with Gasteiger partial charge in [-0.05, 0) is 0 Å². The minimum atomic E-state index is -2.06. The first-order valence-corrected chi connectivity index (χ1v) is 26.0. The van der Waals surface area contributed by atoms with Crippen molar-refractivity contribution in [1.29, 1.82) is 0 Å². The van der Waals surface area contributed by atoms with Crippen LogP contribution in [0.15, 0.2) is 0 Å². The van der Waals surface area contributed by atoms with Crippen LogP contribution in [0.25, 0.3) is 0 Å². The smallest absolute Gasteiger partial charge is 0.187 e. The van der Waals surface area contributed by atoms with Crippen LogP contribution in [0.5, 0.6) is 0 Å². The Bertz CT molecular complexity index is 1530. The molecule has 6 fully saturated rings. The second-order valence-corrected chi connectivity index (χ2v) is 19.5. The molecule has 398 valence electrons. The van der Waals surface area contributed by atoms with E-state index in [-0.39, 0.29) is 13.3 Å². The molecule has 0 spiro atoms. The van der Waals surface area contributed by atoms with Crippen molar-refractivity contribution in [3.8, 4) is 0 Å². The van der Waals surface area contributed by atoms with Crippen molar-refractivity contribution in [1.82, 2.24) is 0 Å². The van der Waals surface area contributed by atoms with Crippen molar-refractivity contribution in [2.24, 2.45) is 0 Å². The molecule has 0 saturated carbocycles. The van der Waals surface area contributed by atoms with Gasteiger partial charge in [0.05, 0.1) is 38.1 Å². The van der Waals surface area contributed by atoms with Gasteiger partial charge in [0.15, 0.2) is 37.7 Å². The van der Waals surface area contributed by atoms with E-state index in [1.54, 1.807) is 0 Å². The fraction of sp³-hybridized carbons (Fsp3) is 1.00. The number of aliphatic hydroxyl groups is 16. The Morgan fingerprint density at radius 1 is 0.294 bits per heavy atom. The summed E-state index contributed by atoms with van der Waals surface area (Å²) in [6, 6.07) is 0. The quantitative estimate of drug-likeness (QED) is 0.0475. The number of aliphatic hydroxyl groups excluding tert-OH is 16. The maximum atomic E-state index is 11.4. The summed E-state index contributed by atoms with van der Waals surface area (Å²) in [4.78, 5) is 0. The van der Waals surface area contributed by atoms with Crippen molar-refractivity contribution in [2.45, 2.75) is 184 Å². The van der Waals surface area contributed by atoms with Gasteiger partial charge in [0.25, 0.3) is 0 Å². The standard InChI is InChI=1S/C37H61I3O28/c1-57-32-22(52)16(46)27(8(2-38)58-32)64-34-23(53)17(47)28(9(3-39)59-34)65-35-24(54)18(48)29(10(4-40)60-35)66-36-25(55)19(49)31(13(7-43)62-36)68-37-26(56)20(50)30(12(6-42)63-37)67-33-21(51)15(45)14(44)11(5-41)61-33/h8-37,41-56H,2-7H2,1H3/t8-,9-,10-,11-,12-,13-,14-,15+,16-,17-,18-,19-,20-,21-,22-,23-,24-,25-,26-,27-,28-,29-,30-,31-,32-,33+,34+,35+,36+,37+/m1/s1. The lowest BCUT2D eigenvalue weighted by molar-refractivity contribution is -0.392. The Morgan fingerprint density at radius 2 is 0.515 bits per heavy atom. The van der Waals surface area contributed by atoms with E-state index in [9.17, 15) is 81.7 Å². The highest BCUT2D eigenvalue weighted by Crippen LogP contribution is 2.37. The molecule has 16 N–H and O–H groups in total. The van der Waals surface area contributed by atoms with Gasteiger partial charge in [0, 0.05) is 20.4 Å². The van der Waals surface area contributed by atoms with E-state index in [1.807, 2.05) is 67.8 Å². The van der Waals surface area contributed by atoms with Crippen LogP contribution in [0.1, 0.15) is 0 Å². The lowest BCUT2D eigenvalue weighted by Crippen LogP contribution is -2.68. The lowest BCUT2D eigenvalue weighted by Gasteiger charge is -2.50. The second kappa shape index (κ2) is 25.7. The van der Waals surface area contributed by atoms with Gasteiger partial charge in [-0.3, -0.25) is 0 Å². The first-order valence-electron chi connectivity index (χ1n) is 21.4. The molecule has 0 radical (unpaired) electrons. The average Bonchev–Trinajstić information content (AvgIpc) is 3.33. The molecule has 0 amide bonds. The molecule has 0 unspecified atom stereocenters. The predicted molar refractivity (Wildman–Crippen MR) is 239 cm³/mol. The molecule has 0 aromatic rings. The first-order chi connectivity index (χ1) is 32.3. The Morgan fingerprint density at radius 3 is 0.779 bits per heavy atom. The third kappa shape index (κ3) is 12.2. The van der Waals surface area contributed by atoms with Gasteiger partial charge in [0.1, 0.15) is 128 Å². The zero-order chi connectivity index (χ0) is 50.0. The molecule has 0 aliphatic carbocycles. The molecule has 68 heavy (non-hydrogen) atoms. The first kappa shape index (κ1) is 58.3. The van der Waals surface area contributed by atoms with E-state index in [2.05, 4.69) is 0 Å². The Kier molecular flexibility index (Phi) is 22.1. The molecule has 28 nitrogen and oxygen atoms in total. The molecule has 6 saturated heterocycles. The molecule has 0 aromatic heterocycles. The van der Waals surface area contributed by atoms with Gasteiger partial charge < -0.3 is 139 Å². The SMILES string of the molecule is CO[C@@H]1O[C@H](CI)[C@@H](O[C@@H]2O[C@H](CI)[C@@H](O[C@@H]3O[C@H](CI)[C@@H](O[C@@H]4O[C@H](CO)[C@@H](O[C@@H]5O[C@H](CO)[C@@H](O[C@@H]6O[C@H](CO)[C@@H](O)[C@H](O)[C@H]6O)[C@H](O)[C@H]5O)[C@H](O)[C@H]4O)[C@H](O)[C@H]3O)[C@H](O)[C@H]2O)[C@H](O)[C@H]1O. The van der Waals surface area contributed by atoms with Gasteiger partial charge in [-0.15, -0.1) is 0 Å². The Balaban J connectivity index is 1.07. The van der Waals surface area contributed by atoms with Crippen LogP contribution < -0.4 is 0 Å². The predicted octanol–water partition coefficient (Wildman–Crippen LogP) is -9.12. The van der Waals surface area contributed by atoms with Gasteiger partial charge in [-0.25, -0.2) is 0 Å². The monoisotopic (exact) mass is 1330 g/mol. The van der Waals surface area contributed by atoms with Crippen LogP contribution in [0, 0.1) is 0 Å². The number of rotatable bonds is 17. The number of methoxy groups -OCH3 is 1. The topological polar surface area (TPSA) is 434 Å². The number of hydrogen-bond acceptors (Lipinski definition) is 28.